The lowest BCUT2D eigenvalue weighted by atomic mass is 9.85. The van der Waals surface area contributed by atoms with Crippen molar-refractivity contribution >= 4 is 33.5 Å². The molecule has 0 bridgehead atoms. The van der Waals surface area contributed by atoms with Crippen LogP contribution in [0.2, 0.25) is 0 Å². The fraction of sp³-hybridized carbons (Fsp3) is 0.161. The number of carbonyl (C=O) groups is 1. The number of aromatic nitrogens is 5. The number of nitrogens with one attached hydrogen (secondary N) is 3. The van der Waals surface area contributed by atoms with Crippen molar-refractivity contribution in [1.29, 1.82) is 0 Å². The summed E-state index contributed by atoms with van der Waals surface area (Å²) < 4.78 is 14.2. The number of H-pyrrole nitrogens is 2. The number of hydrogen-bond donors (Lipinski definition) is 3. The number of nitrogens with zero attached hydrogens (tertiary/aromatic N) is 3. The van der Waals surface area contributed by atoms with Crippen molar-refractivity contribution in [2.45, 2.75) is 26.2 Å². The average molecular weight is 517 g/mol. The van der Waals surface area contributed by atoms with E-state index in [4.69, 9.17) is 4.98 Å². The number of anilines is 1. The summed E-state index contributed by atoms with van der Waals surface area (Å²) in [6, 6.07) is 18.8. The Labute approximate surface area is 223 Å². The molecule has 39 heavy (non-hydrogen) atoms. The van der Waals surface area contributed by atoms with Gasteiger partial charge in [0.2, 0.25) is 5.91 Å². The van der Waals surface area contributed by atoms with E-state index in [1.165, 1.54) is 6.07 Å². The lowest BCUT2D eigenvalue weighted by molar-refractivity contribution is -0.122. The normalized spacial score (nSPS) is 13.6. The van der Waals surface area contributed by atoms with Gasteiger partial charge in [0.1, 0.15) is 17.0 Å². The Balaban J connectivity index is 1.27. The number of rotatable bonds is 5. The first kappa shape index (κ1) is 23.3. The summed E-state index contributed by atoms with van der Waals surface area (Å²) >= 11 is 0. The summed E-state index contributed by atoms with van der Waals surface area (Å²) in [6.07, 6.45) is 6.39. The van der Waals surface area contributed by atoms with E-state index in [1.54, 1.807) is 18.5 Å². The van der Waals surface area contributed by atoms with Gasteiger partial charge in [-0.15, -0.1) is 0 Å². The van der Waals surface area contributed by atoms with Gasteiger partial charge in [-0.05, 0) is 78.9 Å². The second-order valence-electron chi connectivity index (χ2n) is 10.2. The highest BCUT2D eigenvalue weighted by Gasteiger charge is 2.25. The highest BCUT2D eigenvalue weighted by Crippen LogP contribution is 2.35. The second kappa shape index (κ2) is 9.16. The van der Waals surface area contributed by atoms with E-state index in [1.807, 2.05) is 55.5 Å². The fourth-order valence-corrected chi connectivity index (χ4v) is 5.24. The molecule has 0 saturated heterocycles. The van der Waals surface area contributed by atoms with Crippen LogP contribution < -0.4 is 5.32 Å². The molecule has 7 nitrogen and oxygen atoms in total. The molecule has 7 rings (SSSR count). The molecule has 2 aromatic carbocycles. The topological polar surface area (TPSA) is 99.4 Å². The minimum Gasteiger partial charge on any atom is -0.353 e. The van der Waals surface area contributed by atoms with Crippen LogP contribution in [0, 0.1) is 18.7 Å². The summed E-state index contributed by atoms with van der Waals surface area (Å²) in [7, 11) is 0. The summed E-state index contributed by atoms with van der Waals surface area (Å²) in [5.41, 5.74) is 8.76. The number of hydrogen-bond acceptors (Lipinski definition) is 4. The third-order valence-electron chi connectivity index (χ3n) is 7.46. The second-order valence-corrected chi connectivity index (χ2v) is 10.2. The largest absolute Gasteiger partial charge is 0.353 e. The lowest BCUT2D eigenvalue weighted by Crippen LogP contribution is -2.28. The standard InChI is InChI=1S/C31H25FN6O/c1-17-10-19(12-21(32)11-17)23-6-3-7-26-24(23)14-28(35-26)30-29-27(37-38-30)9-8-25(36-29)20-13-22(16-33-15-20)34-31(39)18-4-2-5-18/h3,6-16,18,35H,2,4-5H2,1H3,(H,34,39)(H,37,38). The van der Waals surface area contributed by atoms with E-state index in [2.05, 4.69) is 25.5 Å². The zero-order valence-corrected chi connectivity index (χ0v) is 21.3. The molecule has 1 saturated carbocycles. The van der Waals surface area contributed by atoms with Crippen LogP contribution in [0.25, 0.3) is 55.7 Å². The highest BCUT2D eigenvalue weighted by atomic mass is 19.1. The Morgan fingerprint density at radius 1 is 1.00 bits per heavy atom. The molecular weight excluding hydrogens is 491 g/mol. The first-order chi connectivity index (χ1) is 19.0. The highest BCUT2D eigenvalue weighted by molar-refractivity contribution is 6.00. The molecule has 0 aliphatic heterocycles. The molecule has 4 heterocycles. The number of amides is 1. The third-order valence-corrected chi connectivity index (χ3v) is 7.46. The van der Waals surface area contributed by atoms with Gasteiger partial charge in [-0.1, -0.05) is 24.6 Å². The van der Waals surface area contributed by atoms with E-state index >= 15 is 0 Å². The molecule has 0 radical (unpaired) electrons. The molecule has 1 fully saturated rings. The summed E-state index contributed by atoms with van der Waals surface area (Å²) in [4.78, 5) is 25.1. The summed E-state index contributed by atoms with van der Waals surface area (Å²) in [5, 5.41) is 11.6. The third kappa shape index (κ3) is 4.24. The van der Waals surface area contributed by atoms with Crippen LogP contribution in [0.3, 0.4) is 0 Å². The molecule has 4 aromatic heterocycles. The van der Waals surface area contributed by atoms with Crippen LogP contribution >= 0.6 is 0 Å². The Bertz CT molecular complexity index is 1860. The summed E-state index contributed by atoms with van der Waals surface area (Å²) in [5.74, 6) is -0.111. The minimum absolute atomic E-state index is 0.0484. The van der Waals surface area contributed by atoms with Crippen molar-refractivity contribution in [3.05, 3.63) is 84.4 Å². The first-order valence-electron chi connectivity index (χ1n) is 13.0. The number of carbonyl (C=O) groups excluding carboxylic acids is 1. The van der Waals surface area contributed by atoms with Gasteiger partial charge in [0.15, 0.2) is 0 Å². The summed E-state index contributed by atoms with van der Waals surface area (Å²) in [6.45, 7) is 1.89. The number of aromatic amines is 2. The van der Waals surface area contributed by atoms with Gasteiger partial charge >= 0.3 is 0 Å². The van der Waals surface area contributed by atoms with Gasteiger partial charge in [-0.2, -0.15) is 5.10 Å². The monoisotopic (exact) mass is 516 g/mol. The van der Waals surface area contributed by atoms with Gasteiger partial charge in [0.05, 0.1) is 28.8 Å². The van der Waals surface area contributed by atoms with Crippen LogP contribution in [0.4, 0.5) is 10.1 Å². The van der Waals surface area contributed by atoms with Gasteiger partial charge in [-0.3, -0.25) is 14.9 Å². The quantitative estimate of drug-likeness (QED) is 0.229. The SMILES string of the molecule is Cc1cc(F)cc(-c2cccc3[nH]c(-c4n[nH]c5ccc(-c6cncc(NC(=O)C7CCC7)c6)nc45)cc23)c1. The van der Waals surface area contributed by atoms with E-state index in [0.29, 0.717) is 16.9 Å². The van der Waals surface area contributed by atoms with Gasteiger partial charge < -0.3 is 10.3 Å². The van der Waals surface area contributed by atoms with Gasteiger partial charge in [0, 0.05) is 28.6 Å². The molecule has 0 unspecified atom stereocenters. The zero-order valence-electron chi connectivity index (χ0n) is 21.3. The van der Waals surface area contributed by atoms with Crippen molar-refractivity contribution in [2.24, 2.45) is 5.92 Å². The smallest absolute Gasteiger partial charge is 0.227 e. The Morgan fingerprint density at radius 3 is 2.72 bits per heavy atom. The molecule has 192 valence electrons. The minimum atomic E-state index is -0.256. The number of halogens is 1. The van der Waals surface area contributed by atoms with Crippen LogP contribution in [0.5, 0.6) is 0 Å². The molecule has 0 atom stereocenters. The van der Waals surface area contributed by atoms with Crippen molar-refractivity contribution in [3.63, 3.8) is 0 Å². The molecule has 6 aromatic rings. The van der Waals surface area contributed by atoms with Crippen LogP contribution in [-0.2, 0) is 4.79 Å². The van der Waals surface area contributed by atoms with E-state index in [0.717, 1.165) is 69.3 Å². The van der Waals surface area contributed by atoms with Crippen molar-refractivity contribution in [3.8, 4) is 33.8 Å². The Hall–Kier alpha value is -4.85. The molecule has 1 aliphatic rings. The number of fused-ring (bicyclic) bond motifs is 2. The maximum Gasteiger partial charge on any atom is 0.227 e. The van der Waals surface area contributed by atoms with Crippen LogP contribution in [0.1, 0.15) is 24.8 Å². The van der Waals surface area contributed by atoms with Crippen molar-refractivity contribution in [2.75, 3.05) is 5.32 Å². The number of benzene rings is 2. The van der Waals surface area contributed by atoms with Crippen LogP contribution in [0.15, 0.2) is 73.1 Å². The number of aryl methyl sites for hydroxylation is 1. The first-order valence-corrected chi connectivity index (χ1v) is 13.0. The Morgan fingerprint density at radius 2 is 1.90 bits per heavy atom. The Kier molecular flexibility index (Phi) is 5.47. The van der Waals surface area contributed by atoms with Crippen molar-refractivity contribution < 1.29 is 9.18 Å². The zero-order chi connectivity index (χ0) is 26.5. The molecule has 8 heteroatoms. The molecule has 0 spiro atoms. The predicted octanol–water partition coefficient (Wildman–Crippen LogP) is 7.02. The van der Waals surface area contributed by atoms with Crippen LogP contribution in [-0.4, -0.2) is 31.1 Å². The van der Waals surface area contributed by atoms with E-state index in [9.17, 15) is 9.18 Å². The molecular formula is C31H25FN6O. The van der Waals surface area contributed by atoms with E-state index in [-0.39, 0.29) is 17.6 Å². The molecule has 1 amide bonds. The van der Waals surface area contributed by atoms with Gasteiger partial charge in [-0.25, -0.2) is 9.37 Å². The average Bonchev–Trinajstić information content (AvgIpc) is 3.50. The van der Waals surface area contributed by atoms with Crippen molar-refractivity contribution in [1.82, 2.24) is 25.1 Å². The molecule has 3 N–H and O–H groups in total. The number of pyridine rings is 2. The maximum absolute atomic E-state index is 14.2. The lowest BCUT2D eigenvalue weighted by Gasteiger charge is -2.24. The van der Waals surface area contributed by atoms with E-state index < -0.39 is 0 Å². The predicted molar refractivity (Wildman–Crippen MR) is 151 cm³/mol. The molecule has 1 aliphatic carbocycles. The maximum atomic E-state index is 14.2. The fourth-order valence-electron chi connectivity index (χ4n) is 5.24. The van der Waals surface area contributed by atoms with Gasteiger partial charge in [0.25, 0.3) is 0 Å².